The summed E-state index contributed by atoms with van der Waals surface area (Å²) in [6, 6.07) is 16.3. The first-order valence-corrected chi connectivity index (χ1v) is 9.54. The smallest absolute Gasteiger partial charge is 0.230 e. The lowest BCUT2D eigenvalue weighted by atomic mass is 9.87. The molecule has 1 N–H and O–H groups in total. The van der Waals surface area contributed by atoms with Crippen molar-refractivity contribution in [2.24, 2.45) is 11.8 Å². The van der Waals surface area contributed by atoms with E-state index in [1.807, 2.05) is 29.2 Å². The molecule has 1 unspecified atom stereocenters. The summed E-state index contributed by atoms with van der Waals surface area (Å²) in [5, 5.41) is 3.27. The van der Waals surface area contributed by atoms with E-state index in [-0.39, 0.29) is 11.8 Å². The Morgan fingerprint density at radius 1 is 1.23 bits per heavy atom. The van der Waals surface area contributed by atoms with Gasteiger partial charge >= 0.3 is 0 Å². The highest BCUT2D eigenvalue weighted by molar-refractivity contribution is 5.96. The van der Waals surface area contributed by atoms with E-state index >= 15 is 0 Å². The van der Waals surface area contributed by atoms with Crippen molar-refractivity contribution in [1.82, 2.24) is 5.32 Å². The van der Waals surface area contributed by atoms with Crippen molar-refractivity contribution in [3.8, 4) is 5.75 Å². The zero-order valence-electron chi connectivity index (χ0n) is 15.3. The number of ether oxygens (including phenoxy) is 1. The fourth-order valence-corrected chi connectivity index (χ4v) is 3.75. The largest absolute Gasteiger partial charge is 0.489 e. The number of anilines is 1. The van der Waals surface area contributed by atoms with Crippen LogP contribution in [0.25, 0.3) is 0 Å². The third-order valence-electron chi connectivity index (χ3n) is 5.59. The zero-order valence-corrected chi connectivity index (χ0v) is 15.3. The highest BCUT2D eigenvalue weighted by Crippen LogP contribution is 2.33. The monoisotopic (exact) mass is 350 g/mol. The molecule has 2 aliphatic heterocycles. The number of aryl methyl sites for hydroxylation is 1. The Labute approximate surface area is 155 Å². The van der Waals surface area contributed by atoms with Crippen LogP contribution in [0.15, 0.2) is 48.5 Å². The van der Waals surface area contributed by atoms with Crippen LogP contribution in [0.1, 0.15) is 24.5 Å². The van der Waals surface area contributed by atoms with Crippen LogP contribution in [0.5, 0.6) is 5.75 Å². The van der Waals surface area contributed by atoms with Crippen molar-refractivity contribution < 1.29 is 9.53 Å². The van der Waals surface area contributed by atoms with Gasteiger partial charge < -0.3 is 15.0 Å². The number of rotatable bonds is 5. The summed E-state index contributed by atoms with van der Waals surface area (Å²) < 4.78 is 5.95. The van der Waals surface area contributed by atoms with Gasteiger partial charge in [0, 0.05) is 18.2 Å². The van der Waals surface area contributed by atoms with Gasteiger partial charge in [-0.15, -0.1) is 0 Å². The molecule has 1 fully saturated rings. The maximum Gasteiger partial charge on any atom is 0.230 e. The van der Waals surface area contributed by atoms with Gasteiger partial charge in [0.1, 0.15) is 12.4 Å². The second-order valence-corrected chi connectivity index (χ2v) is 7.37. The molecule has 0 aliphatic carbocycles. The third kappa shape index (κ3) is 3.47. The van der Waals surface area contributed by atoms with E-state index in [9.17, 15) is 4.79 Å². The Morgan fingerprint density at radius 3 is 2.77 bits per heavy atom. The van der Waals surface area contributed by atoms with Gasteiger partial charge in [0.15, 0.2) is 0 Å². The number of hydrogen-bond donors (Lipinski definition) is 1. The molecule has 2 heterocycles. The molecular weight excluding hydrogens is 324 g/mol. The first kappa shape index (κ1) is 17.1. The van der Waals surface area contributed by atoms with Crippen molar-refractivity contribution in [2.45, 2.75) is 26.4 Å². The molecule has 2 aliphatic rings. The van der Waals surface area contributed by atoms with Crippen molar-refractivity contribution in [1.29, 1.82) is 0 Å². The van der Waals surface area contributed by atoms with E-state index < -0.39 is 0 Å². The standard InChI is InChI=1S/C22H26N2O2/c1-16(19-13-23-14-19)22(25)24-11-5-8-18-12-20(9-10-21(18)24)26-15-17-6-3-2-4-7-17/h2-4,6-7,9-10,12,16,19,23H,5,8,11,13-15H2,1H3. The van der Waals surface area contributed by atoms with Crippen LogP contribution in [0.3, 0.4) is 0 Å². The second kappa shape index (κ2) is 7.50. The highest BCUT2D eigenvalue weighted by Gasteiger charge is 2.33. The number of benzene rings is 2. The molecule has 2 aromatic carbocycles. The Balaban J connectivity index is 1.47. The quantitative estimate of drug-likeness (QED) is 0.899. The topological polar surface area (TPSA) is 41.6 Å². The zero-order chi connectivity index (χ0) is 17.9. The first-order chi connectivity index (χ1) is 12.7. The fourth-order valence-electron chi connectivity index (χ4n) is 3.75. The number of nitrogens with zero attached hydrogens (tertiary/aromatic N) is 1. The van der Waals surface area contributed by atoms with Gasteiger partial charge in [-0.2, -0.15) is 0 Å². The first-order valence-electron chi connectivity index (χ1n) is 9.54. The van der Waals surface area contributed by atoms with Gasteiger partial charge in [-0.05, 0) is 61.2 Å². The molecule has 1 atom stereocenters. The van der Waals surface area contributed by atoms with E-state index in [1.54, 1.807) is 0 Å². The Kier molecular flexibility index (Phi) is 4.93. The van der Waals surface area contributed by atoms with E-state index in [0.717, 1.165) is 49.5 Å². The predicted octanol–water partition coefficient (Wildman–Crippen LogP) is 3.40. The Bertz CT molecular complexity index is 771. The Morgan fingerprint density at radius 2 is 2.04 bits per heavy atom. The molecule has 4 rings (SSSR count). The lowest BCUT2D eigenvalue weighted by Crippen LogP contribution is -2.51. The second-order valence-electron chi connectivity index (χ2n) is 7.37. The summed E-state index contributed by atoms with van der Waals surface area (Å²) in [6.45, 7) is 5.37. The third-order valence-corrected chi connectivity index (χ3v) is 5.59. The number of nitrogens with one attached hydrogen (secondary N) is 1. The van der Waals surface area contributed by atoms with Crippen LogP contribution in [0.2, 0.25) is 0 Å². The molecule has 26 heavy (non-hydrogen) atoms. The minimum Gasteiger partial charge on any atom is -0.489 e. The van der Waals surface area contributed by atoms with Crippen LogP contribution in [-0.2, 0) is 17.8 Å². The minimum absolute atomic E-state index is 0.0798. The van der Waals surface area contributed by atoms with Gasteiger partial charge in [-0.25, -0.2) is 0 Å². The number of carbonyl (C=O) groups excluding carboxylic acids is 1. The number of carbonyl (C=O) groups is 1. The molecule has 0 spiro atoms. The molecule has 4 nitrogen and oxygen atoms in total. The number of fused-ring (bicyclic) bond motifs is 1. The van der Waals surface area contributed by atoms with E-state index in [1.165, 1.54) is 5.56 Å². The average molecular weight is 350 g/mol. The van der Waals surface area contributed by atoms with Crippen molar-refractivity contribution >= 4 is 11.6 Å². The summed E-state index contributed by atoms with van der Waals surface area (Å²) in [5.41, 5.74) is 3.44. The van der Waals surface area contributed by atoms with Crippen LogP contribution in [-0.4, -0.2) is 25.5 Å². The summed E-state index contributed by atoms with van der Waals surface area (Å²) in [6.07, 6.45) is 2.01. The molecule has 0 aromatic heterocycles. The van der Waals surface area contributed by atoms with Crippen LogP contribution in [0.4, 0.5) is 5.69 Å². The molecule has 1 saturated heterocycles. The van der Waals surface area contributed by atoms with Crippen LogP contribution in [0, 0.1) is 11.8 Å². The number of amides is 1. The SMILES string of the molecule is CC(C(=O)N1CCCc2cc(OCc3ccccc3)ccc21)C1CNC1. The number of hydrogen-bond acceptors (Lipinski definition) is 3. The van der Waals surface area contributed by atoms with E-state index in [0.29, 0.717) is 12.5 Å². The molecule has 1 amide bonds. The van der Waals surface area contributed by atoms with Gasteiger partial charge in [0.25, 0.3) is 0 Å². The van der Waals surface area contributed by atoms with Crippen LogP contribution < -0.4 is 15.0 Å². The maximum atomic E-state index is 13.0. The van der Waals surface area contributed by atoms with E-state index in [2.05, 4.69) is 36.5 Å². The van der Waals surface area contributed by atoms with Gasteiger partial charge in [-0.1, -0.05) is 37.3 Å². The maximum absolute atomic E-state index is 13.0. The fraction of sp³-hybridized carbons (Fsp3) is 0.409. The van der Waals surface area contributed by atoms with Crippen LogP contribution >= 0.6 is 0 Å². The molecule has 2 aromatic rings. The molecule has 0 radical (unpaired) electrons. The van der Waals surface area contributed by atoms with Gasteiger partial charge in [0.05, 0.1) is 0 Å². The van der Waals surface area contributed by atoms with Crippen molar-refractivity contribution in [2.75, 3.05) is 24.5 Å². The summed E-state index contributed by atoms with van der Waals surface area (Å²) in [4.78, 5) is 14.9. The summed E-state index contributed by atoms with van der Waals surface area (Å²) >= 11 is 0. The molecular formula is C22H26N2O2. The molecule has 0 bridgehead atoms. The summed E-state index contributed by atoms with van der Waals surface area (Å²) in [5.74, 6) is 1.69. The predicted molar refractivity (Wildman–Crippen MR) is 103 cm³/mol. The van der Waals surface area contributed by atoms with Crippen molar-refractivity contribution in [3.05, 3.63) is 59.7 Å². The van der Waals surface area contributed by atoms with Gasteiger partial charge in [-0.3, -0.25) is 4.79 Å². The van der Waals surface area contributed by atoms with Crippen molar-refractivity contribution in [3.63, 3.8) is 0 Å². The molecule has 0 saturated carbocycles. The Hall–Kier alpha value is -2.33. The van der Waals surface area contributed by atoms with E-state index in [4.69, 9.17) is 4.74 Å². The lowest BCUT2D eigenvalue weighted by molar-refractivity contribution is -0.124. The normalized spacial score (nSPS) is 18.0. The van der Waals surface area contributed by atoms with Gasteiger partial charge in [0.2, 0.25) is 5.91 Å². The molecule has 4 heteroatoms. The molecule has 136 valence electrons. The lowest BCUT2D eigenvalue weighted by Gasteiger charge is -2.37. The highest BCUT2D eigenvalue weighted by atomic mass is 16.5. The average Bonchev–Trinajstić information content (AvgIpc) is 2.64. The summed E-state index contributed by atoms with van der Waals surface area (Å²) in [7, 11) is 0. The minimum atomic E-state index is 0.0798.